The van der Waals surface area contributed by atoms with Crippen molar-refractivity contribution in [1.82, 2.24) is 14.7 Å². The monoisotopic (exact) mass is 528 g/mol. The highest BCUT2D eigenvalue weighted by molar-refractivity contribution is 8.00. The molecule has 0 amide bonds. The van der Waals surface area contributed by atoms with Gasteiger partial charge in [-0.05, 0) is 98.2 Å². The predicted octanol–water partition coefficient (Wildman–Crippen LogP) is 9.05. The van der Waals surface area contributed by atoms with E-state index < -0.39 is 5.51 Å². The number of hydrogen-bond donors (Lipinski definition) is 1. The lowest BCUT2D eigenvalue weighted by Gasteiger charge is -2.40. The zero-order valence-corrected chi connectivity index (χ0v) is 22.4. The predicted molar refractivity (Wildman–Crippen MR) is 142 cm³/mol. The molecule has 0 saturated heterocycles. The normalized spacial score (nSPS) is 19.9. The van der Waals surface area contributed by atoms with Gasteiger partial charge in [0, 0.05) is 22.2 Å². The molecule has 0 bridgehead atoms. The van der Waals surface area contributed by atoms with Crippen LogP contribution in [0.15, 0.2) is 51.9 Å². The first-order chi connectivity index (χ1) is 17.4. The Labute approximate surface area is 218 Å². The maximum atomic E-state index is 12.8. The Balaban J connectivity index is 1.56. The second-order valence-electron chi connectivity index (χ2n) is 11.0. The second-order valence-corrected chi connectivity index (χ2v) is 12.1. The van der Waals surface area contributed by atoms with Gasteiger partial charge in [-0.3, -0.25) is 0 Å². The van der Waals surface area contributed by atoms with Crippen LogP contribution in [0.4, 0.5) is 24.8 Å². The Hall–Kier alpha value is -2.94. The van der Waals surface area contributed by atoms with Crippen molar-refractivity contribution in [2.24, 2.45) is 11.3 Å². The number of alkyl halides is 3. The first-order valence-corrected chi connectivity index (χ1v) is 13.3. The largest absolute Gasteiger partial charge is 0.446 e. The molecule has 2 atom stereocenters. The highest BCUT2D eigenvalue weighted by atomic mass is 32.2. The summed E-state index contributed by atoms with van der Waals surface area (Å²) in [5, 5.41) is 7.49. The maximum absolute atomic E-state index is 12.8. The lowest BCUT2D eigenvalue weighted by molar-refractivity contribution is -0.0328. The standard InChI is InChI=1S/C28H31F3N4OS/c1-16-12-21(15-27(4,5)14-16)35-24-11-6-19(25-17(2)34-36-18(25)3)13-23(24)33-26(35)32-20-7-9-22(10-8-20)37-28(29,30)31/h6-11,13,16,21H,12,14-15H2,1-5H3,(H,32,33)/t16-,21+/m0/s1. The Kier molecular flexibility index (Phi) is 6.54. The van der Waals surface area contributed by atoms with E-state index in [1.165, 1.54) is 18.6 Å². The molecule has 0 aliphatic heterocycles. The number of benzene rings is 2. The van der Waals surface area contributed by atoms with Crippen LogP contribution in [0.1, 0.15) is 57.5 Å². The number of nitrogens with one attached hydrogen (secondary N) is 1. The molecule has 1 N–H and O–H groups in total. The number of rotatable bonds is 5. The van der Waals surface area contributed by atoms with Crippen molar-refractivity contribution >= 4 is 34.4 Å². The van der Waals surface area contributed by atoms with Crippen LogP contribution >= 0.6 is 11.8 Å². The van der Waals surface area contributed by atoms with Crippen LogP contribution in [0.5, 0.6) is 0 Å². The Morgan fingerprint density at radius 2 is 1.81 bits per heavy atom. The molecule has 1 saturated carbocycles. The smallest absolute Gasteiger partial charge is 0.361 e. The number of hydrogen-bond acceptors (Lipinski definition) is 5. The summed E-state index contributed by atoms with van der Waals surface area (Å²) in [5.41, 5.74) is 1.24. The maximum Gasteiger partial charge on any atom is 0.446 e. The first kappa shape index (κ1) is 25.7. The number of aryl methyl sites for hydroxylation is 2. The van der Waals surface area contributed by atoms with Crippen molar-refractivity contribution in [3.63, 3.8) is 0 Å². The average Bonchev–Trinajstić information content (AvgIpc) is 3.30. The van der Waals surface area contributed by atoms with Crippen LogP contribution in [0.25, 0.3) is 22.2 Å². The minimum atomic E-state index is -4.31. The van der Waals surface area contributed by atoms with Gasteiger partial charge in [0.1, 0.15) is 5.76 Å². The van der Waals surface area contributed by atoms with Crippen molar-refractivity contribution in [3.8, 4) is 11.1 Å². The summed E-state index contributed by atoms with van der Waals surface area (Å²) < 4.78 is 46.0. The number of nitrogens with zero attached hydrogens (tertiary/aromatic N) is 3. The molecule has 1 aliphatic carbocycles. The van der Waals surface area contributed by atoms with Crippen molar-refractivity contribution in [3.05, 3.63) is 53.9 Å². The summed E-state index contributed by atoms with van der Waals surface area (Å²) in [5.74, 6) is 2.02. The lowest BCUT2D eigenvalue weighted by atomic mass is 9.70. The molecule has 37 heavy (non-hydrogen) atoms. The molecule has 0 spiro atoms. The molecular formula is C28H31F3N4OS. The van der Waals surface area contributed by atoms with E-state index in [0.29, 0.717) is 17.6 Å². The van der Waals surface area contributed by atoms with E-state index in [0.717, 1.165) is 46.5 Å². The highest BCUT2D eigenvalue weighted by Gasteiger charge is 2.35. The molecule has 2 aromatic carbocycles. The molecule has 1 aliphatic rings. The molecule has 0 radical (unpaired) electrons. The van der Waals surface area contributed by atoms with Gasteiger partial charge in [0.15, 0.2) is 0 Å². The summed E-state index contributed by atoms with van der Waals surface area (Å²) in [6, 6.07) is 12.8. The average molecular weight is 529 g/mol. The molecule has 0 unspecified atom stereocenters. The Bertz CT molecular complexity index is 1400. The van der Waals surface area contributed by atoms with Crippen LogP contribution in [0, 0.1) is 25.2 Å². The number of thioether (sulfide) groups is 1. The number of halogens is 3. The Morgan fingerprint density at radius 3 is 2.43 bits per heavy atom. The molecule has 4 aromatic rings. The van der Waals surface area contributed by atoms with Gasteiger partial charge in [0.05, 0.1) is 16.7 Å². The third-order valence-electron chi connectivity index (χ3n) is 7.08. The van der Waals surface area contributed by atoms with Gasteiger partial charge < -0.3 is 14.4 Å². The summed E-state index contributed by atoms with van der Waals surface area (Å²) >= 11 is -0.113. The van der Waals surface area contributed by atoms with E-state index in [1.54, 1.807) is 12.1 Å². The van der Waals surface area contributed by atoms with E-state index >= 15 is 0 Å². The minimum absolute atomic E-state index is 0.113. The van der Waals surface area contributed by atoms with Crippen molar-refractivity contribution in [2.75, 3.05) is 5.32 Å². The fourth-order valence-electron chi connectivity index (χ4n) is 5.97. The highest BCUT2D eigenvalue weighted by Crippen LogP contribution is 2.46. The van der Waals surface area contributed by atoms with E-state index in [1.807, 2.05) is 13.8 Å². The minimum Gasteiger partial charge on any atom is -0.361 e. The van der Waals surface area contributed by atoms with Crippen molar-refractivity contribution in [2.45, 2.75) is 70.3 Å². The molecule has 2 aromatic heterocycles. The summed E-state index contributed by atoms with van der Waals surface area (Å²) in [6.07, 6.45) is 3.23. The molecule has 5 rings (SSSR count). The molecular weight excluding hydrogens is 497 g/mol. The van der Waals surface area contributed by atoms with E-state index in [2.05, 4.69) is 54.0 Å². The third kappa shape index (κ3) is 5.51. The number of aromatic nitrogens is 3. The van der Waals surface area contributed by atoms with Crippen LogP contribution in [-0.4, -0.2) is 20.2 Å². The second kappa shape index (κ2) is 9.42. The van der Waals surface area contributed by atoms with Gasteiger partial charge >= 0.3 is 5.51 Å². The molecule has 196 valence electrons. The topological polar surface area (TPSA) is 55.9 Å². The van der Waals surface area contributed by atoms with Gasteiger partial charge in [-0.1, -0.05) is 32.0 Å². The van der Waals surface area contributed by atoms with Gasteiger partial charge in [0.2, 0.25) is 5.95 Å². The van der Waals surface area contributed by atoms with E-state index in [9.17, 15) is 13.2 Å². The molecule has 5 nitrogen and oxygen atoms in total. The van der Waals surface area contributed by atoms with Crippen LogP contribution < -0.4 is 5.32 Å². The third-order valence-corrected chi connectivity index (χ3v) is 7.82. The van der Waals surface area contributed by atoms with Crippen LogP contribution in [-0.2, 0) is 0 Å². The van der Waals surface area contributed by atoms with Gasteiger partial charge in [0.25, 0.3) is 0 Å². The lowest BCUT2D eigenvalue weighted by Crippen LogP contribution is -2.29. The van der Waals surface area contributed by atoms with E-state index in [4.69, 9.17) is 9.51 Å². The van der Waals surface area contributed by atoms with Gasteiger partial charge in [-0.15, -0.1) is 0 Å². The van der Waals surface area contributed by atoms with Gasteiger partial charge in [-0.2, -0.15) is 13.2 Å². The zero-order valence-electron chi connectivity index (χ0n) is 21.6. The number of imidazole rings is 1. The van der Waals surface area contributed by atoms with Crippen LogP contribution in [0.2, 0.25) is 0 Å². The Morgan fingerprint density at radius 1 is 1.08 bits per heavy atom. The summed E-state index contributed by atoms with van der Waals surface area (Å²) in [4.78, 5) is 5.13. The quantitative estimate of drug-likeness (QED) is 0.262. The first-order valence-electron chi connectivity index (χ1n) is 12.5. The molecule has 2 heterocycles. The number of anilines is 2. The molecule has 9 heteroatoms. The number of fused-ring (bicyclic) bond motifs is 1. The summed E-state index contributed by atoms with van der Waals surface area (Å²) in [6.45, 7) is 10.8. The fourth-order valence-corrected chi connectivity index (χ4v) is 6.51. The van der Waals surface area contributed by atoms with Crippen molar-refractivity contribution in [1.29, 1.82) is 0 Å². The van der Waals surface area contributed by atoms with Crippen molar-refractivity contribution < 1.29 is 17.7 Å². The molecule has 1 fully saturated rings. The van der Waals surface area contributed by atoms with E-state index in [-0.39, 0.29) is 28.1 Å². The van der Waals surface area contributed by atoms with Gasteiger partial charge in [-0.25, -0.2) is 4.98 Å². The van der Waals surface area contributed by atoms with Crippen LogP contribution in [0.3, 0.4) is 0 Å². The summed E-state index contributed by atoms with van der Waals surface area (Å²) in [7, 11) is 0. The SMILES string of the molecule is Cc1noc(C)c1-c1ccc2c(c1)nc(Nc1ccc(SC(F)(F)F)cc1)n2[C@@H]1C[C@H](C)CC(C)(C)C1. The fraction of sp³-hybridized carbons (Fsp3) is 0.429. The zero-order chi connectivity index (χ0) is 26.5.